The number of likely N-dealkylation sites (N-methyl/N-ethyl adjacent to an activating group) is 1. The van der Waals surface area contributed by atoms with Crippen molar-refractivity contribution in [3.05, 3.63) is 77.0 Å². The normalized spacial score (nSPS) is 25.1. The minimum Gasteiger partial charge on any atom is -0.485 e. The predicted octanol–water partition coefficient (Wildman–Crippen LogP) is 7.27. The number of rotatable bonds is 10. The summed E-state index contributed by atoms with van der Waals surface area (Å²) >= 11 is 0. The van der Waals surface area contributed by atoms with E-state index in [4.69, 9.17) is 9.47 Å². The molecule has 3 aromatic rings. The molecule has 3 aliphatic rings. The van der Waals surface area contributed by atoms with Gasteiger partial charge in [-0.15, -0.1) is 0 Å². The molecular formula is C38H49N3O4. The lowest BCUT2D eigenvalue weighted by molar-refractivity contribution is -0.151. The molecule has 0 amide bonds. The number of carboxylic acid groups (broad SMARTS) is 1. The van der Waals surface area contributed by atoms with Crippen LogP contribution in [0.3, 0.4) is 0 Å². The lowest BCUT2D eigenvalue weighted by Gasteiger charge is -2.44. The van der Waals surface area contributed by atoms with E-state index in [9.17, 15) is 9.90 Å². The maximum absolute atomic E-state index is 12.9. The first-order valence-electron chi connectivity index (χ1n) is 16.6. The Hall–Kier alpha value is -3.42. The molecule has 240 valence electrons. The van der Waals surface area contributed by atoms with E-state index in [-0.39, 0.29) is 6.10 Å². The number of aryl methyl sites for hydroxylation is 1. The molecule has 2 aliphatic heterocycles. The second-order valence-corrected chi connectivity index (χ2v) is 14.1. The van der Waals surface area contributed by atoms with Gasteiger partial charge in [-0.2, -0.15) is 0 Å². The Labute approximate surface area is 268 Å². The largest absolute Gasteiger partial charge is 0.485 e. The first-order valence-corrected chi connectivity index (χ1v) is 16.6. The summed E-state index contributed by atoms with van der Waals surface area (Å²) in [5.41, 5.74) is 5.64. The van der Waals surface area contributed by atoms with E-state index >= 15 is 0 Å². The van der Waals surface area contributed by atoms with Crippen molar-refractivity contribution in [3.63, 3.8) is 0 Å². The van der Waals surface area contributed by atoms with Crippen LogP contribution in [0.2, 0.25) is 0 Å². The Bertz CT molecular complexity index is 1560. The van der Waals surface area contributed by atoms with Gasteiger partial charge in [0, 0.05) is 36.3 Å². The third-order valence-electron chi connectivity index (χ3n) is 11.1. The van der Waals surface area contributed by atoms with Gasteiger partial charge in [-0.25, -0.2) is 4.98 Å². The number of hydrogen-bond donors (Lipinski definition) is 1. The average molecular weight is 612 g/mol. The Morgan fingerprint density at radius 2 is 1.84 bits per heavy atom. The van der Waals surface area contributed by atoms with Crippen LogP contribution in [-0.4, -0.2) is 64.2 Å². The van der Waals surface area contributed by atoms with Crippen molar-refractivity contribution in [1.29, 1.82) is 0 Å². The van der Waals surface area contributed by atoms with E-state index in [0.717, 1.165) is 62.1 Å². The number of ether oxygens (including phenoxy) is 2. The van der Waals surface area contributed by atoms with E-state index in [2.05, 4.69) is 78.9 Å². The highest BCUT2D eigenvalue weighted by atomic mass is 16.5. The molecule has 6 rings (SSSR count). The van der Waals surface area contributed by atoms with E-state index in [1.54, 1.807) is 13.3 Å². The van der Waals surface area contributed by atoms with Crippen LogP contribution in [0.1, 0.15) is 88.7 Å². The molecule has 7 heteroatoms. The number of nitrogens with zero attached hydrogens (tertiary/aromatic N) is 3. The summed E-state index contributed by atoms with van der Waals surface area (Å²) in [4.78, 5) is 21.7. The van der Waals surface area contributed by atoms with Crippen LogP contribution >= 0.6 is 0 Å². The molecule has 2 aromatic carbocycles. The average Bonchev–Trinajstić information content (AvgIpc) is 3.84. The third-order valence-corrected chi connectivity index (χ3v) is 11.1. The summed E-state index contributed by atoms with van der Waals surface area (Å²) in [6.45, 7) is 12.5. The molecule has 1 saturated heterocycles. The lowest BCUT2D eigenvalue weighted by atomic mass is 9.62. The summed E-state index contributed by atoms with van der Waals surface area (Å²) < 4.78 is 12.3. The number of carbonyl (C=O) groups is 1. The summed E-state index contributed by atoms with van der Waals surface area (Å²) in [5, 5.41) is 10.5. The zero-order chi connectivity index (χ0) is 32.1. The van der Waals surface area contributed by atoms with Crippen LogP contribution in [0.5, 0.6) is 11.6 Å². The number of hydrogen-bond acceptors (Lipinski definition) is 6. The van der Waals surface area contributed by atoms with Crippen LogP contribution in [0.25, 0.3) is 11.1 Å². The Morgan fingerprint density at radius 1 is 1.09 bits per heavy atom. The fourth-order valence-corrected chi connectivity index (χ4v) is 8.30. The summed E-state index contributed by atoms with van der Waals surface area (Å²) in [7, 11) is 3.62. The first-order chi connectivity index (χ1) is 21.5. The van der Waals surface area contributed by atoms with Gasteiger partial charge < -0.3 is 14.6 Å². The quantitative estimate of drug-likeness (QED) is 0.258. The molecule has 1 aromatic heterocycles. The van der Waals surface area contributed by atoms with Crippen LogP contribution in [0.4, 0.5) is 0 Å². The molecule has 7 nitrogen and oxygen atoms in total. The molecule has 0 radical (unpaired) electrons. The minimum atomic E-state index is -0.949. The van der Waals surface area contributed by atoms with Gasteiger partial charge in [-0.3, -0.25) is 14.6 Å². The maximum Gasteiger partial charge on any atom is 0.324 e. The van der Waals surface area contributed by atoms with Crippen LogP contribution in [0.15, 0.2) is 54.7 Å². The summed E-state index contributed by atoms with van der Waals surface area (Å²) in [6.07, 6.45) is 6.57. The molecule has 0 spiro atoms. The van der Waals surface area contributed by atoms with Gasteiger partial charge in [0.25, 0.3) is 0 Å². The molecular weight excluding hydrogens is 562 g/mol. The van der Waals surface area contributed by atoms with Gasteiger partial charge in [0.15, 0.2) is 0 Å². The first kappa shape index (κ1) is 31.6. The standard InChI is InChI=1S/C38H49N3O4/c1-24(2)41(25(3)4)23-29-20-28(9-14-32(29)27-16-18-39-35(21-27)44-7)33-15-10-26-8-11-31(22-34(26)45-33)38(30-12-13-30)17-19-40(6)37(38,5)36(42)43/h8-9,11,14,16,18,20-22,24-25,30,33H,10,12-13,15,17,19,23H2,1-7H3,(H,42,43)/t33-,37+,38+/m0/s1. The number of carboxylic acids is 1. The maximum atomic E-state index is 12.9. The van der Waals surface area contributed by atoms with Gasteiger partial charge in [-0.05, 0) is 132 Å². The van der Waals surface area contributed by atoms with Crippen molar-refractivity contribution in [3.8, 4) is 22.8 Å². The van der Waals surface area contributed by atoms with Crippen LogP contribution in [0, 0.1) is 5.92 Å². The van der Waals surface area contributed by atoms with Gasteiger partial charge in [0.05, 0.1) is 7.11 Å². The Kier molecular flexibility index (Phi) is 8.46. The van der Waals surface area contributed by atoms with Crippen molar-refractivity contribution >= 4 is 5.97 Å². The molecule has 3 heterocycles. The lowest BCUT2D eigenvalue weighted by Crippen LogP contribution is -2.59. The highest BCUT2D eigenvalue weighted by Gasteiger charge is 2.66. The predicted molar refractivity (Wildman–Crippen MR) is 178 cm³/mol. The van der Waals surface area contributed by atoms with E-state index in [1.807, 2.05) is 26.1 Å². The zero-order valence-corrected chi connectivity index (χ0v) is 28.0. The highest BCUT2D eigenvalue weighted by molar-refractivity contribution is 5.82. The zero-order valence-electron chi connectivity index (χ0n) is 28.0. The number of pyridine rings is 1. The van der Waals surface area contributed by atoms with E-state index in [1.165, 1.54) is 22.3 Å². The van der Waals surface area contributed by atoms with Crippen LogP contribution < -0.4 is 9.47 Å². The van der Waals surface area contributed by atoms with Crippen LogP contribution in [-0.2, 0) is 23.2 Å². The topological polar surface area (TPSA) is 75.1 Å². The highest BCUT2D eigenvalue weighted by Crippen LogP contribution is 2.60. The molecule has 3 atom stereocenters. The number of methoxy groups -OCH3 is 1. The minimum absolute atomic E-state index is 0.0759. The van der Waals surface area contributed by atoms with Crippen molar-refractivity contribution in [2.24, 2.45) is 5.92 Å². The van der Waals surface area contributed by atoms with Gasteiger partial charge >= 0.3 is 5.97 Å². The number of benzene rings is 2. The second kappa shape index (κ2) is 12.1. The van der Waals surface area contributed by atoms with Crippen molar-refractivity contribution in [1.82, 2.24) is 14.8 Å². The third kappa shape index (κ3) is 5.42. The van der Waals surface area contributed by atoms with E-state index < -0.39 is 16.9 Å². The van der Waals surface area contributed by atoms with Gasteiger partial charge in [0.1, 0.15) is 17.4 Å². The molecule has 1 aliphatic carbocycles. The molecule has 2 fully saturated rings. The SMILES string of the molecule is COc1cc(-c2ccc([C@@H]3CCc4ccc([C@]5(C6CC6)CCN(C)[C@]5(C)C(=O)O)cc4O3)cc2CN(C(C)C)C(C)C)ccn1. The molecule has 0 bridgehead atoms. The van der Waals surface area contributed by atoms with Crippen molar-refractivity contribution in [2.75, 3.05) is 20.7 Å². The number of aromatic nitrogens is 1. The van der Waals surface area contributed by atoms with E-state index in [0.29, 0.717) is 23.9 Å². The molecule has 1 N–H and O–H groups in total. The second-order valence-electron chi connectivity index (χ2n) is 14.1. The monoisotopic (exact) mass is 611 g/mol. The number of aliphatic carboxylic acids is 1. The van der Waals surface area contributed by atoms with Gasteiger partial charge in [-0.1, -0.05) is 30.3 Å². The Balaban J connectivity index is 1.36. The van der Waals surface area contributed by atoms with Crippen molar-refractivity contribution < 1.29 is 19.4 Å². The number of fused-ring (bicyclic) bond motifs is 1. The molecule has 1 saturated carbocycles. The fraction of sp³-hybridized carbons (Fsp3) is 0.526. The summed E-state index contributed by atoms with van der Waals surface area (Å²) in [5.74, 6) is 1.16. The molecule has 0 unspecified atom stereocenters. The Morgan fingerprint density at radius 3 is 2.51 bits per heavy atom. The summed E-state index contributed by atoms with van der Waals surface area (Å²) in [6, 6.07) is 18.2. The van der Waals surface area contributed by atoms with Crippen molar-refractivity contribution in [2.45, 2.75) is 102 Å². The van der Waals surface area contributed by atoms with Gasteiger partial charge in [0.2, 0.25) is 5.88 Å². The molecule has 45 heavy (non-hydrogen) atoms. The smallest absolute Gasteiger partial charge is 0.324 e. The number of likely N-dealkylation sites (tertiary alicyclic amines) is 1. The fourth-order valence-electron chi connectivity index (χ4n) is 8.30.